The fourth-order valence-corrected chi connectivity index (χ4v) is 1.92. The van der Waals surface area contributed by atoms with Crippen molar-refractivity contribution < 1.29 is 5.11 Å². The Kier molecular flexibility index (Phi) is 4.37. The Labute approximate surface area is 115 Å². The third kappa shape index (κ3) is 3.16. The first-order valence-corrected chi connectivity index (χ1v) is 6.32. The van der Waals surface area contributed by atoms with Gasteiger partial charge in [0.15, 0.2) is 0 Å². The highest BCUT2D eigenvalue weighted by Crippen LogP contribution is 2.11. The van der Waals surface area contributed by atoms with Gasteiger partial charge in [-0.05, 0) is 5.56 Å². The van der Waals surface area contributed by atoms with Crippen molar-refractivity contribution in [3.8, 4) is 0 Å². The summed E-state index contributed by atoms with van der Waals surface area (Å²) < 4.78 is 1.00. The summed E-state index contributed by atoms with van der Waals surface area (Å²) in [5.41, 5.74) is 0.186. The maximum Gasteiger partial charge on any atom is 0.329 e. The zero-order valence-electron chi connectivity index (χ0n) is 11.2. The summed E-state index contributed by atoms with van der Waals surface area (Å²) in [6.07, 6.45) is 0. The lowest BCUT2D eigenvalue weighted by atomic mass is 10.2. The Morgan fingerprint density at radius 3 is 2.55 bits per heavy atom. The summed E-state index contributed by atoms with van der Waals surface area (Å²) >= 11 is 0. The number of hydrogen-bond acceptors (Lipinski definition) is 4. The summed E-state index contributed by atoms with van der Waals surface area (Å²) in [5, 5.41) is 9.15. The van der Waals surface area contributed by atoms with E-state index >= 15 is 0 Å². The fourth-order valence-electron chi connectivity index (χ4n) is 1.92. The zero-order valence-corrected chi connectivity index (χ0v) is 11.2. The third-order valence-corrected chi connectivity index (χ3v) is 3.06. The predicted molar refractivity (Wildman–Crippen MR) is 76.9 cm³/mol. The SMILES string of the molecule is Cn1c(=O)cc(N(CCO)Cc2ccccc2)[nH]c1=O. The van der Waals surface area contributed by atoms with Gasteiger partial charge in [0.05, 0.1) is 6.61 Å². The van der Waals surface area contributed by atoms with Crippen molar-refractivity contribution in [3.05, 3.63) is 62.8 Å². The molecule has 0 unspecified atom stereocenters. The molecule has 0 spiro atoms. The Bertz CT molecular complexity index is 645. The highest BCUT2D eigenvalue weighted by atomic mass is 16.3. The summed E-state index contributed by atoms with van der Waals surface area (Å²) in [7, 11) is 1.42. The number of H-pyrrole nitrogens is 1. The van der Waals surface area contributed by atoms with Gasteiger partial charge in [-0.3, -0.25) is 14.3 Å². The second-order valence-electron chi connectivity index (χ2n) is 4.49. The number of benzene rings is 1. The van der Waals surface area contributed by atoms with Gasteiger partial charge in [-0.1, -0.05) is 30.3 Å². The number of aromatic nitrogens is 2. The molecule has 1 heterocycles. The molecule has 0 saturated carbocycles. The van der Waals surface area contributed by atoms with E-state index in [9.17, 15) is 9.59 Å². The van der Waals surface area contributed by atoms with Crippen LogP contribution in [-0.4, -0.2) is 27.8 Å². The van der Waals surface area contributed by atoms with Gasteiger partial charge in [-0.15, -0.1) is 0 Å². The number of anilines is 1. The number of aliphatic hydroxyl groups is 1. The number of nitrogens with one attached hydrogen (secondary N) is 1. The van der Waals surface area contributed by atoms with Gasteiger partial charge in [-0.25, -0.2) is 4.79 Å². The Hall–Kier alpha value is -2.34. The van der Waals surface area contributed by atoms with Gasteiger partial charge < -0.3 is 10.0 Å². The van der Waals surface area contributed by atoms with Crippen LogP contribution < -0.4 is 16.1 Å². The van der Waals surface area contributed by atoms with Gasteiger partial charge in [0, 0.05) is 26.2 Å². The summed E-state index contributed by atoms with van der Waals surface area (Å²) in [6, 6.07) is 11.0. The average Bonchev–Trinajstić information content (AvgIpc) is 2.45. The van der Waals surface area contributed by atoms with E-state index in [4.69, 9.17) is 5.11 Å². The smallest absolute Gasteiger partial charge is 0.329 e. The van der Waals surface area contributed by atoms with Crippen molar-refractivity contribution in [3.63, 3.8) is 0 Å². The van der Waals surface area contributed by atoms with E-state index in [1.807, 2.05) is 30.3 Å². The molecule has 0 radical (unpaired) electrons. The minimum atomic E-state index is -0.469. The lowest BCUT2D eigenvalue weighted by Crippen LogP contribution is -2.36. The van der Waals surface area contributed by atoms with Crippen LogP contribution in [0.15, 0.2) is 46.0 Å². The van der Waals surface area contributed by atoms with Crippen molar-refractivity contribution in [2.75, 3.05) is 18.1 Å². The summed E-state index contributed by atoms with van der Waals surface area (Å²) in [5.74, 6) is 0.413. The van der Waals surface area contributed by atoms with Gasteiger partial charge >= 0.3 is 5.69 Å². The normalized spacial score (nSPS) is 10.5. The van der Waals surface area contributed by atoms with Crippen LogP contribution in [0.3, 0.4) is 0 Å². The molecule has 2 N–H and O–H groups in total. The maximum absolute atomic E-state index is 11.7. The lowest BCUT2D eigenvalue weighted by molar-refractivity contribution is 0.301. The first kappa shape index (κ1) is 14.1. The standard InChI is InChI=1S/C14H17N3O3/c1-16-13(19)9-12(15-14(16)20)17(7-8-18)10-11-5-3-2-4-6-11/h2-6,9,18H,7-8,10H2,1H3,(H,15,20). The highest BCUT2D eigenvalue weighted by Gasteiger charge is 2.10. The second kappa shape index (κ2) is 6.21. The molecule has 0 aliphatic rings. The molecule has 1 aromatic carbocycles. The van der Waals surface area contributed by atoms with E-state index in [1.54, 1.807) is 4.90 Å². The topological polar surface area (TPSA) is 78.3 Å². The first-order chi connectivity index (χ1) is 9.61. The van der Waals surface area contributed by atoms with Gasteiger partial charge in [0.25, 0.3) is 5.56 Å². The number of nitrogens with zero attached hydrogens (tertiary/aromatic N) is 2. The molecule has 6 heteroatoms. The Morgan fingerprint density at radius 1 is 1.25 bits per heavy atom. The van der Waals surface area contributed by atoms with Crippen molar-refractivity contribution >= 4 is 5.82 Å². The van der Waals surface area contributed by atoms with Crippen molar-refractivity contribution in [2.24, 2.45) is 7.05 Å². The molecule has 2 aromatic rings. The van der Waals surface area contributed by atoms with Gasteiger partial charge in [-0.2, -0.15) is 0 Å². The largest absolute Gasteiger partial charge is 0.395 e. The molecule has 0 aliphatic carbocycles. The van der Waals surface area contributed by atoms with Crippen LogP contribution in [0.2, 0.25) is 0 Å². The van der Waals surface area contributed by atoms with Crippen LogP contribution in [0.4, 0.5) is 5.82 Å². The van der Waals surface area contributed by atoms with E-state index in [0.29, 0.717) is 18.9 Å². The molecule has 0 amide bonds. The van der Waals surface area contributed by atoms with E-state index < -0.39 is 5.69 Å². The van der Waals surface area contributed by atoms with Gasteiger partial charge in [0.1, 0.15) is 5.82 Å². The molecule has 0 atom stereocenters. The molecule has 0 saturated heterocycles. The number of hydrogen-bond donors (Lipinski definition) is 2. The molecule has 0 aliphatic heterocycles. The fraction of sp³-hybridized carbons (Fsp3) is 0.286. The van der Waals surface area contributed by atoms with E-state index in [-0.39, 0.29) is 12.2 Å². The molecule has 20 heavy (non-hydrogen) atoms. The summed E-state index contributed by atoms with van der Waals surface area (Å²) in [4.78, 5) is 27.7. The molecule has 6 nitrogen and oxygen atoms in total. The van der Waals surface area contributed by atoms with Crippen LogP contribution in [-0.2, 0) is 13.6 Å². The van der Waals surface area contributed by atoms with E-state index in [2.05, 4.69) is 4.98 Å². The molecule has 1 aromatic heterocycles. The minimum Gasteiger partial charge on any atom is -0.395 e. The van der Waals surface area contributed by atoms with Crippen molar-refractivity contribution in [1.29, 1.82) is 0 Å². The van der Waals surface area contributed by atoms with Crippen molar-refractivity contribution in [1.82, 2.24) is 9.55 Å². The van der Waals surface area contributed by atoms with Crippen LogP contribution in [0.1, 0.15) is 5.56 Å². The Morgan fingerprint density at radius 2 is 1.95 bits per heavy atom. The first-order valence-electron chi connectivity index (χ1n) is 6.32. The second-order valence-corrected chi connectivity index (χ2v) is 4.49. The summed E-state index contributed by atoms with van der Waals surface area (Å²) in [6.45, 7) is 0.770. The highest BCUT2D eigenvalue weighted by molar-refractivity contribution is 5.38. The van der Waals surface area contributed by atoms with Crippen LogP contribution in [0, 0.1) is 0 Å². The van der Waals surface area contributed by atoms with Crippen LogP contribution in [0.25, 0.3) is 0 Å². The monoisotopic (exact) mass is 275 g/mol. The molecule has 106 valence electrons. The number of aliphatic hydroxyl groups excluding tert-OH is 1. The van der Waals surface area contributed by atoms with Crippen LogP contribution >= 0.6 is 0 Å². The van der Waals surface area contributed by atoms with E-state index in [1.165, 1.54) is 13.1 Å². The average molecular weight is 275 g/mol. The maximum atomic E-state index is 11.7. The van der Waals surface area contributed by atoms with Crippen molar-refractivity contribution in [2.45, 2.75) is 6.54 Å². The molecular weight excluding hydrogens is 258 g/mol. The van der Waals surface area contributed by atoms with E-state index in [0.717, 1.165) is 10.1 Å². The molecule has 2 rings (SSSR count). The quantitative estimate of drug-likeness (QED) is 0.809. The molecular formula is C14H17N3O3. The number of rotatable bonds is 5. The Balaban J connectivity index is 2.34. The predicted octanol–water partition coefficient (Wildman–Crippen LogP) is 0.0725. The minimum absolute atomic E-state index is 0.0654. The zero-order chi connectivity index (χ0) is 14.5. The third-order valence-electron chi connectivity index (χ3n) is 3.06. The number of aromatic amines is 1. The molecule has 0 bridgehead atoms. The molecule has 0 fully saturated rings. The van der Waals surface area contributed by atoms with Gasteiger partial charge in [0.2, 0.25) is 0 Å². The van der Waals surface area contributed by atoms with Crippen LogP contribution in [0.5, 0.6) is 0 Å². The lowest BCUT2D eigenvalue weighted by Gasteiger charge is -2.23.